The minimum atomic E-state index is -0.913. The van der Waals surface area contributed by atoms with E-state index in [0.29, 0.717) is 30.4 Å². The average Bonchev–Trinajstić information content (AvgIpc) is 3.39. The molecule has 0 aliphatic heterocycles. The van der Waals surface area contributed by atoms with Gasteiger partial charge in [-0.1, -0.05) is 84.0 Å². The third kappa shape index (κ3) is 9.99. The molecular weight excluding hydrogens is 427 g/mol. The summed E-state index contributed by atoms with van der Waals surface area (Å²) in [6.45, 7) is 2.98. The van der Waals surface area contributed by atoms with Crippen molar-refractivity contribution in [3.8, 4) is 22.9 Å². The monoisotopic (exact) mass is 470 g/mol. The van der Waals surface area contributed by atoms with Gasteiger partial charge in [0.2, 0.25) is 0 Å². The molecule has 1 aromatic heterocycles. The van der Waals surface area contributed by atoms with Gasteiger partial charge in [0.05, 0.1) is 19.0 Å². The third-order valence-electron chi connectivity index (χ3n) is 6.79. The minimum Gasteiger partial charge on any atom is -0.491 e. The van der Waals surface area contributed by atoms with Gasteiger partial charge in [0.15, 0.2) is 11.6 Å². The van der Waals surface area contributed by atoms with E-state index in [1.54, 1.807) is 12.4 Å². The first kappa shape index (κ1) is 26.4. The van der Waals surface area contributed by atoms with Crippen LogP contribution < -0.4 is 9.47 Å². The summed E-state index contributed by atoms with van der Waals surface area (Å²) in [5, 5.41) is 0. The second-order valence-corrected chi connectivity index (χ2v) is 9.73. The second-order valence-electron chi connectivity index (χ2n) is 9.73. The van der Waals surface area contributed by atoms with Crippen LogP contribution in [0.5, 0.6) is 11.5 Å². The Kier molecular flexibility index (Phi) is 12.2. The van der Waals surface area contributed by atoms with Gasteiger partial charge in [-0.15, -0.1) is 0 Å². The fraction of sp³-hybridized carbons (Fsp3) is 0.655. The molecule has 1 atom stereocenters. The lowest BCUT2D eigenvalue weighted by Gasteiger charge is -2.11. The molecule has 0 amide bonds. The smallest absolute Gasteiger partial charge is 0.159 e. The molecule has 1 saturated carbocycles. The van der Waals surface area contributed by atoms with Crippen LogP contribution in [0, 0.1) is 5.92 Å². The summed E-state index contributed by atoms with van der Waals surface area (Å²) in [6, 6.07) is 7.51. The van der Waals surface area contributed by atoms with Crippen molar-refractivity contribution in [3.05, 3.63) is 36.7 Å². The summed E-state index contributed by atoms with van der Waals surface area (Å²) >= 11 is 0. The van der Waals surface area contributed by atoms with Crippen molar-refractivity contribution < 1.29 is 13.9 Å². The van der Waals surface area contributed by atoms with Gasteiger partial charge in [0, 0.05) is 5.56 Å². The lowest BCUT2D eigenvalue weighted by molar-refractivity contribution is 0.184. The number of nitrogens with zero attached hydrogens (tertiary/aromatic N) is 2. The first-order valence-electron chi connectivity index (χ1n) is 13.6. The summed E-state index contributed by atoms with van der Waals surface area (Å²) in [4.78, 5) is 8.87. The third-order valence-corrected chi connectivity index (χ3v) is 6.79. The Morgan fingerprint density at radius 1 is 0.853 bits per heavy atom. The Morgan fingerprint density at radius 2 is 1.56 bits per heavy atom. The zero-order valence-corrected chi connectivity index (χ0v) is 21.0. The van der Waals surface area contributed by atoms with E-state index in [1.165, 1.54) is 64.2 Å². The Bertz CT molecular complexity index is 776. The highest BCUT2D eigenvalue weighted by Gasteiger charge is 2.13. The van der Waals surface area contributed by atoms with Gasteiger partial charge in [-0.2, -0.15) is 0 Å². The molecule has 1 aliphatic rings. The largest absolute Gasteiger partial charge is 0.491 e. The zero-order valence-electron chi connectivity index (χ0n) is 21.0. The number of benzene rings is 1. The molecule has 34 heavy (non-hydrogen) atoms. The Morgan fingerprint density at radius 3 is 2.29 bits per heavy atom. The van der Waals surface area contributed by atoms with Crippen molar-refractivity contribution in [2.75, 3.05) is 13.2 Å². The van der Waals surface area contributed by atoms with E-state index >= 15 is 0 Å². The lowest BCUT2D eigenvalue weighted by Crippen LogP contribution is -2.12. The topological polar surface area (TPSA) is 44.2 Å². The van der Waals surface area contributed by atoms with E-state index in [1.807, 2.05) is 24.3 Å². The van der Waals surface area contributed by atoms with E-state index in [-0.39, 0.29) is 6.61 Å². The van der Waals surface area contributed by atoms with E-state index < -0.39 is 6.17 Å². The molecule has 5 heteroatoms. The lowest BCUT2D eigenvalue weighted by atomic mass is 9.99. The zero-order chi connectivity index (χ0) is 23.8. The van der Waals surface area contributed by atoms with Gasteiger partial charge in [-0.05, 0) is 43.0 Å². The summed E-state index contributed by atoms with van der Waals surface area (Å²) in [6.07, 6.45) is 19.7. The molecule has 1 heterocycles. The van der Waals surface area contributed by atoms with Crippen molar-refractivity contribution in [1.82, 2.24) is 9.97 Å². The number of rotatable bonds is 17. The molecule has 3 rings (SSSR count). The Labute approximate surface area is 205 Å². The number of hydrogen-bond donors (Lipinski definition) is 0. The molecule has 0 N–H and O–H groups in total. The number of aromatic nitrogens is 2. The Balaban J connectivity index is 1.30. The van der Waals surface area contributed by atoms with Crippen LogP contribution in [0.2, 0.25) is 0 Å². The number of alkyl halides is 1. The van der Waals surface area contributed by atoms with Gasteiger partial charge in [-0.25, -0.2) is 14.4 Å². The molecule has 2 aromatic rings. The SMILES string of the molecule is CCCCCC[C@@H](F)COc1ccc(-c2ncc(OCCCCCCC3CCCC3)cn2)cc1. The van der Waals surface area contributed by atoms with Crippen molar-refractivity contribution in [2.24, 2.45) is 5.92 Å². The van der Waals surface area contributed by atoms with Crippen LogP contribution >= 0.6 is 0 Å². The van der Waals surface area contributed by atoms with Crippen LogP contribution in [-0.4, -0.2) is 29.4 Å². The van der Waals surface area contributed by atoms with Gasteiger partial charge >= 0.3 is 0 Å². The number of halogens is 1. The van der Waals surface area contributed by atoms with E-state index in [0.717, 1.165) is 30.7 Å². The van der Waals surface area contributed by atoms with Crippen LogP contribution in [0.1, 0.15) is 96.8 Å². The second kappa shape index (κ2) is 15.7. The fourth-order valence-corrected chi connectivity index (χ4v) is 4.68. The van der Waals surface area contributed by atoms with Crippen LogP contribution in [0.3, 0.4) is 0 Å². The number of ether oxygens (including phenoxy) is 2. The minimum absolute atomic E-state index is 0.106. The highest BCUT2D eigenvalue weighted by atomic mass is 19.1. The maximum absolute atomic E-state index is 14.0. The van der Waals surface area contributed by atoms with Crippen LogP contribution in [0.4, 0.5) is 4.39 Å². The predicted octanol–water partition coefficient (Wildman–Crippen LogP) is 8.35. The van der Waals surface area contributed by atoms with Crippen LogP contribution in [-0.2, 0) is 0 Å². The molecule has 188 valence electrons. The van der Waals surface area contributed by atoms with Gasteiger partial charge in [-0.3, -0.25) is 0 Å². The van der Waals surface area contributed by atoms with Crippen molar-refractivity contribution in [1.29, 1.82) is 0 Å². The van der Waals surface area contributed by atoms with Crippen LogP contribution in [0.25, 0.3) is 11.4 Å². The molecule has 1 aromatic carbocycles. The van der Waals surface area contributed by atoms with Gasteiger partial charge in [0.1, 0.15) is 18.5 Å². The first-order valence-corrected chi connectivity index (χ1v) is 13.6. The summed E-state index contributed by atoms with van der Waals surface area (Å²) < 4.78 is 25.4. The molecule has 0 spiro atoms. The van der Waals surface area contributed by atoms with Crippen molar-refractivity contribution in [3.63, 3.8) is 0 Å². The quantitative estimate of drug-likeness (QED) is 0.218. The summed E-state index contributed by atoms with van der Waals surface area (Å²) in [5.74, 6) is 3.03. The molecule has 1 aliphatic carbocycles. The number of unbranched alkanes of at least 4 members (excludes halogenated alkanes) is 6. The van der Waals surface area contributed by atoms with Crippen molar-refractivity contribution >= 4 is 0 Å². The molecule has 4 nitrogen and oxygen atoms in total. The van der Waals surface area contributed by atoms with E-state index in [9.17, 15) is 4.39 Å². The highest BCUT2D eigenvalue weighted by Crippen LogP contribution is 2.29. The maximum atomic E-state index is 14.0. The molecule has 1 fully saturated rings. The average molecular weight is 471 g/mol. The number of hydrogen-bond acceptors (Lipinski definition) is 4. The van der Waals surface area contributed by atoms with Crippen molar-refractivity contribution in [2.45, 2.75) is 103 Å². The maximum Gasteiger partial charge on any atom is 0.159 e. The summed E-state index contributed by atoms with van der Waals surface area (Å²) in [5.41, 5.74) is 0.900. The predicted molar refractivity (Wildman–Crippen MR) is 137 cm³/mol. The van der Waals surface area contributed by atoms with E-state index in [4.69, 9.17) is 9.47 Å². The molecule has 0 unspecified atom stereocenters. The normalized spacial score (nSPS) is 14.9. The Hall–Kier alpha value is -2.17. The molecular formula is C29H43FN2O2. The fourth-order valence-electron chi connectivity index (χ4n) is 4.68. The first-order chi connectivity index (χ1) is 16.7. The molecule has 0 saturated heterocycles. The standard InChI is InChI=1S/C29H43FN2O2/c1-2-3-4-8-15-26(30)23-34-27-18-16-25(17-19-27)29-31-21-28(22-32-29)33-20-11-6-5-7-12-24-13-9-10-14-24/h16-19,21-22,24,26H,2-15,20,23H2,1H3/t26-/m1/s1. The molecule has 0 radical (unpaired) electrons. The highest BCUT2D eigenvalue weighted by molar-refractivity contribution is 5.56. The summed E-state index contributed by atoms with van der Waals surface area (Å²) in [7, 11) is 0. The molecule has 0 bridgehead atoms. The van der Waals surface area contributed by atoms with Crippen LogP contribution in [0.15, 0.2) is 36.7 Å². The van der Waals surface area contributed by atoms with Gasteiger partial charge in [0.25, 0.3) is 0 Å². The van der Waals surface area contributed by atoms with Gasteiger partial charge < -0.3 is 9.47 Å². The van der Waals surface area contributed by atoms with E-state index in [2.05, 4.69) is 16.9 Å².